The third-order valence-electron chi connectivity index (χ3n) is 4.46. The van der Waals surface area contributed by atoms with Crippen molar-refractivity contribution in [1.82, 2.24) is 0 Å². The Labute approximate surface area is 133 Å². The highest BCUT2D eigenvalue weighted by Crippen LogP contribution is 2.35. The highest BCUT2D eigenvalue weighted by atomic mass is 14.8. The van der Waals surface area contributed by atoms with Crippen LogP contribution in [0.15, 0.2) is 59.6 Å². The van der Waals surface area contributed by atoms with E-state index in [1.165, 1.54) is 16.7 Å². The number of hydrogen-bond donors (Lipinski definition) is 0. The summed E-state index contributed by atoms with van der Waals surface area (Å²) < 4.78 is 0. The van der Waals surface area contributed by atoms with Gasteiger partial charge in [-0.05, 0) is 22.8 Å². The summed E-state index contributed by atoms with van der Waals surface area (Å²) in [7, 11) is 0. The summed E-state index contributed by atoms with van der Waals surface area (Å²) in [5.41, 5.74) is 5.66. The van der Waals surface area contributed by atoms with Crippen molar-refractivity contribution in [2.24, 2.45) is 4.99 Å². The highest BCUT2D eigenvalue weighted by molar-refractivity contribution is 5.84. The molecule has 0 aromatic heterocycles. The molecular weight excluding hydrogens is 266 g/mol. The van der Waals surface area contributed by atoms with Gasteiger partial charge in [0.2, 0.25) is 0 Å². The second kappa shape index (κ2) is 5.24. The second-order valence-electron chi connectivity index (χ2n) is 7.14. The molecule has 0 N–H and O–H groups in total. The van der Waals surface area contributed by atoms with Crippen molar-refractivity contribution in [3.63, 3.8) is 0 Å². The molecule has 2 aromatic carbocycles. The Morgan fingerprint density at radius 3 is 2.05 bits per heavy atom. The second-order valence-corrected chi connectivity index (χ2v) is 7.14. The molecule has 0 saturated carbocycles. The van der Waals surface area contributed by atoms with E-state index in [1.807, 2.05) is 12.3 Å². The number of rotatable bonds is 0. The van der Waals surface area contributed by atoms with Crippen LogP contribution in [-0.4, -0.2) is 6.21 Å². The zero-order valence-electron chi connectivity index (χ0n) is 13.8. The maximum Gasteiger partial charge on any atom is 0.0667 e. The number of aliphatic imine (C=N–C) groups is 1. The summed E-state index contributed by atoms with van der Waals surface area (Å²) in [6.45, 7) is 8.86. The van der Waals surface area contributed by atoms with Crippen molar-refractivity contribution in [3.05, 3.63) is 71.3 Å². The number of hydrogen-bond acceptors (Lipinski definition) is 1. The molecule has 0 fully saturated rings. The minimum absolute atomic E-state index is 0.136. The zero-order valence-corrected chi connectivity index (χ0v) is 13.8. The smallest absolute Gasteiger partial charge is 0.0667 e. The largest absolute Gasteiger partial charge is 0.260 e. The summed E-state index contributed by atoms with van der Waals surface area (Å²) in [6, 6.07) is 16.9. The van der Waals surface area contributed by atoms with Crippen molar-refractivity contribution in [3.8, 4) is 0 Å². The first-order valence-corrected chi connectivity index (χ1v) is 7.84. The van der Waals surface area contributed by atoms with E-state index in [2.05, 4.69) is 87.3 Å². The number of para-hydroxylation sites is 1. The first-order chi connectivity index (χ1) is 10.4. The normalized spacial score (nSPS) is 18.4. The van der Waals surface area contributed by atoms with E-state index in [-0.39, 0.29) is 10.8 Å². The first kappa shape index (κ1) is 14.8. The van der Waals surface area contributed by atoms with E-state index >= 15 is 0 Å². The molecule has 2 aromatic rings. The van der Waals surface area contributed by atoms with Crippen LogP contribution in [0.5, 0.6) is 0 Å². The van der Waals surface area contributed by atoms with Crippen LogP contribution >= 0.6 is 0 Å². The lowest BCUT2D eigenvalue weighted by Gasteiger charge is -2.16. The predicted molar refractivity (Wildman–Crippen MR) is 96.1 cm³/mol. The van der Waals surface area contributed by atoms with Gasteiger partial charge in [-0.25, -0.2) is 0 Å². The fraction of sp³-hybridized carbons (Fsp3) is 0.286. The molecule has 1 heterocycles. The van der Waals surface area contributed by atoms with E-state index in [0.717, 1.165) is 5.69 Å². The van der Waals surface area contributed by atoms with E-state index in [4.69, 9.17) is 0 Å². The van der Waals surface area contributed by atoms with Gasteiger partial charge in [0.1, 0.15) is 0 Å². The van der Waals surface area contributed by atoms with Crippen LogP contribution in [0.2, 0.25) is 0 Å². The minimum atomic E-state index is 0.136. The van der Waals surface area contributed by atoms with Gasteiger partial charge in [0, 0.05) is 17.0 Å². The number of allylic oxidation sites excluding steroid dienone is 1. The average molecular weight is 289 g/mol. The Bertz CT molecular complexity index is 683. The average Bonchev–Trinajstić information content (AvgIpc) is 2.99. The van der Waals surface area contributed by atoms with Crippen LogP contribution in [0.4, 0.5) is 5.69 Å². The van der Waals surface area contributed by atoms with E-state index in [0.29, 0.717) is 0 Å². The predicted octanol–water partition coefficient (Wildman–Crippen LogP) is 5.67. The lowest BCUT2D eigenvalue weighted by molar-refractivity contribution is 0.683. The minimum Gasteiger partial charge on any atom is -0.260 e. The van der Waals surface area contributed by atoms with Crippen molar-refractivity contribution in [1.29, 1.82) is 0 Å². The third-order valence-corrected chi connectivity index (χ3v) is 4.46. The molecule has 0 amide bonds. The Kier molecular flexibility index (Phi) is 3.52. The SMILES string of the molecule is CC1(C)C=Cc2ccccc21.CC1(C)C=Nc2ccccc21. The monoisotopic (exact) mass is 289 g/mol. The third kappa shape index (κ3) is 2.64. The van der Waals surface area contributed by atoms with Crippen molar-refractivity contribution >= 4 is 18.0 Å². The Morgan fingerprint density at radius 1 is 0.727 bits per heavy atom. The fourth-order valence-corrected chi connectivity index (χ4v) is 3.05. The molecule has 0 bridgehead atoms. The number of nitrogens with zero attached hydrogens (tertiary/aromatic N) is 1. The maximum absolute atomic E-state index is 4.33. The topological polar surface area (TPSA) is 12.4 Å². The lowest BCUT2D eigenvalue weighted by Crippen LogP contribution is -2.14. The van der Waals surface area contributed by atoms with Crippen LogP contribution < -0.4 is 0 Å². The van der Waals surface area contributed by atoms with Gasteiger partial charge in [0.05, 0.1) is 5.69 Å². The summed E-state index contributed by atoms with van der Waals surface area (Å²) in [5.74, 6) is 0. The molecule has 1 aliphatic carbocycles. The van der Waals surface area contributed by atoms with E-state index in [1.54, 1.807) is 0 Å². The molecule has 1 aliphatic heterocycles. The van der Waals surface area contributed by atoms with E-state index in [9.17, 15) is 0 Å². The maximum atomic E-state index is 4.33. The molecule has 0 unspecified atom stereocenters. The fourth-order valence-electron chi connectivity index (χ4n) is 3.05. The molecule has 1 nitrogen and oxygen atoms in total. The van der Waals surface area contributed by atoms with Crippen molar-refractivity contribution < 1.29 is 0 Å². The van der Waals surface area contributed by atoms with Gasteiger partial charge in [-0.1, -0.05) is 82.3 Å². The van der Waals surface area contributed by atoms with Gasteiger partial charge in [0.25, 0.3) is 0 Å². The van der Waals surface area contributed by atoms with Crippen molar-refractivity contribution in [2.75, 3.05) is 0 Å². The van der Waals surface area contributed by atoms with Gasteiger partial charge in [-0.3, -0.25) is 4.99 Å². The molecule has 0 radical (unpaired) electrons. The molecule has 22 heavy (non-hydrogen) atoms. The first-order valence-electron chi connectivity index (χ1n) is 7.84. The number of fused-ring (bicyclic) bond motifs is 2. The summed E-state index contributed by atoms with van der Waals surface area (Å²) in [6.07, 6.45) is 6.48. The Hall–Kier alpha value is -2.15. The zero-order chi connectivity index (χ0) is 15.8. The summed E-state index contributed by atoms with van der Waals surface area (Å²) in [5, 5.41) is 0. The quantitative estimate of drug-likeness (QED) is 0.592. The van der Waals surface area contributed by atoms with E-state index < -0.39 is 0 Å². The highest BCUT2D eigenvalue weighted by Gasteiger charge is 2.25. The van der Waals surface area contributed by atoms with Crippen LogP contribution in [0.3, 0.4) is 0 Å². The molecule has 0 spiro atoms. The molecule has 0 atom stereocenters. The Balaban J connectivity index is 0.000000131. The lowest BCUT2D eigenvalue weighted by atomic mass is 9.87. The van der Waals surface area contributed by atoms with Crippen LogP contribution in [-0.2, 0) is 10.8 Å². The Morgan fingerprint density at radius 2 is 1.36 bits per heavy atom. The summed E-state index contributed by atoms with van der Waals surface area (Å²) >= 11 is 0. The van der Waals surface area contributed by atoms with Crippen molar-refractivity contribution in [2.45, 2.75) is 38.5 Å². The van der Waals surface area contributed by atoms with Gasteiger partial charge in [-0.15, -0.1) is 0 Å². The van der Waals surface area contributed by atoms with Gasteiger partial charge >= 0.3 is 0 Å². The van der Waals surface area contributed by atoms with Gasteiger partial charge in [0.15, 0.2) is 0 Å². The molecule has 112 valence electrons. The van der Waals surface area contributed by atoms with Crippen LogP contribution in [0.1, 0.15) is 44.4 Å². The molecule has 2 aliphatic rings. The standard InChI is InChI=1S/C11H12.C10H11N/c1-11(2)8-7-9-5-3-4-6-10(9)11;1-10(2)7-11-9-6-4-3-5-8(9)10/h3-8H,1-2H3;3-7H,1-2H3. The van der Waals surface area contributed by atoms with Gasteiger partial charge < -0.3 is 0 Å². The molecule has 1 heteroatoms. The van der Waals surface area contributed by atoms with Crippen LogP contribution in [0.25, 0.3) is 6.08 Å². The molecule has 4 rings (SSSR count). The van der Waals surface area contributed by atoms with Crippen LogP contribution in [0, 0.1) is 0 Å². The van der Waals surface area contributed by atoms with Gasteiger partial charge in [-0.2, -0.15) is 0 Å². The summed E-state index contributed by atoms with van der Waals surface area (Å²) in [4.78, 5) is 4.33. The molecule has 0 saturated heterocycles. The number of benzene rings is 2. The molecular formula is C21H23N.